The summed E-state index contributed by atoms with van der Waals surface area (Å²) in [7, 11) is 5.54. The number of methoxy groups -OCH3 is 1. The molecule has 0 saturated carbocycles. The summed E-state index contributed by atoms with van der Waals surface area (Å²) in [6.45, 7) is 1.46. The van der Waals surface area contributed by atoms with E-state index in [4.69, 9.17) is 14.2 Å². The molecule has 2 aliphatic rings. The Balaban J connectivity index is 1.69. The molecule has 2 aromatic rings. The number of piperidine rings is 1. The van der Waals surface area contributed by atoms with Gasteiger partial charge in [-0.2, -0.15) is 0 Å². The smallest absolute Gasteiger partial charge is 0.231 e. The SMILES string of the molecule is COc1ccc(C2C(C(=O)NCCN(C)C)CCC(=O)N2c2ccc3c(c2)OCO3)cc1. The van der Waals surface area contributed by atoms with Gasteiger partial charge in [-0.1, -0.05) is 12.1 Å². The van der Waals surface area contributed by atoms with Crippen LogP contribution in [0.25, 0.3) is 0 Å². The number of benzene rings is 2. The van der Waals surface area contributed by atoms with Gasteiger partial charge in [0.1, 0.15) is 5.75 Å². The maximum Gasteiger partial charge on any atom is 0.231 e. The minimum absolute atomic E-state index is 0.0259. The van der Waals surface area contributed by atoms with Gasteiger partial charge in [-0.3, -0.25) is 9.59 Å². The Hall–Kier alpha value is -3.26. The highest BCUT2D eigenvalue weighted by Crippen LogP contribution is 2.43. The van der Waals surface area contributed by atoms with Crippen LogP contribution in [0, 0.1) is 5.92 Å². The van der Waals surface area contributed by atoms with Crippen LogP contribution in [0.1, 0.15) is 24.4 Å². The first-order chi connectivity index (χ1) is 15.5. The van der Waals surface area contributed by atoms with E-state index in [0.29, 0.717) is 36.6 Å². The Labute approximate surface area is 188 Å². The quantitative estimate of drug-likeness (QED) is 0.714. The van der Waals surface area contributed by atoms with Crippen LogP contribution < -0.4 is 24.4 Å². The molecular weight excluding hydrogens is 410 g/mol. The second kappa shape index (κ2) is 9.48. The van der Waals surface area contributed by atoms with Crippen LogP contribution in [0.4, 0.5) is 5.69 Å². The van der Waals surface area contributed by atoms with Crippen LogP contribution in [0.5, 0.6) is 17.2 Å². The summed E-state index contributed by atoms with van der Waals surface area (Å²) in [5, 5.41) is 3.05. The normalized spacial score (nSPS) is 19.9. The predicted octanol–water partition coefficient (Wildman–Crippen LogP) is 2.59. The molecule has 2 atom stereocenters. The zero-order valence-corrected chi connectivity index (χ0v) is 18.7. The van der Waals surface area contributed by atoms with E-state index < -0.39 is 6.04 Å². The average Bonchev–Trinajstić information content (AvgIpc) is 3.26. The first-order valence-corrected chi connectivity index (χ1v) is 10.8. The van der Waals surface area contributed by atoms with Gasteiger partial charge in [-0.15, -0.1) is 0 Å². The Morgan fingerprint density at radius 1 is 1.16 bits per heavy atom. The van der Waals surface area contributed by atoms with Crippen molar-refractivity contribution in [1.82, 2.24) is 10.2 Å². The van der Waals surface area contributed by atoms with E-state index in [-0.39, 0.29) is 24.5 Å². The molecule has 0 aromatic heterocycles. The third-order valence-corrected chi connectivity index (χ3v) is 5.88. The molecule has 0 spiro atoms. The van der Waals surface area contributed by atoms with Gasteiger partial charge in [0.2, 0.25) is 18.6 Å². The molecule has 0 aliphatic carbocycles. The third kappa shape index (κ3) is 4.50. The van der Waals surface area contributed by atoms with Crippen molar-refractivity contribution in [3.05, 3.63) is 48.0 Å². The van der Waals surface area contributed by atoms with Crippen molar-refractivity contribution < 1.29 is 23.8 Å². The average molecular weight is 440 g/mol. The highest BCUT2D eigenvalue weighted by atomic mass is 16.7. The van der Waals surface area contributed by atoms with Gasteiger partial charge in [0.25, 0.3) is 0 Å². The van der Waals surface area contributed by atoms with Crippen molar-refractivity contribution in [3.63, 3.8) is 0 Å². The highest BCUT2D eigenvalue weighted by Gasteiger charge is 2.41. The van der Waals surface area contributed by atoms with Crippen molar-refractivity contribution >= 4 is 17.5 Å². The Morgan fingerprint density at radius 3 is 2.62 bits per heavy atom. The lowest BCUT2D eigenvalue weighted by Crippen LogP contribution is -2.49. The zero-order chi connectivity index (χ0) is 22.7. The summed E-state index contributed by atoms with van der Waals surface area (Å²) in [6.07, 6.45) is 0.789. The van der Waals surface area contributed by atoms with Crippen molar-refractivity contribution in [1.29, 1.82) is 0 Å². The standard InChI is InChI=1S/C24H29N3O5/c1-26(2)13-12-25-24(29)19-9-11-22(28)27(17-6-10-20-21(14-17)32-15-31-20)23(19)16-4-7-18(30-3)8-5-16/h4-8,10,14,19,23H,9,11-13,15H2,1-3H3,(H,25,29). The number of likely N-dealkylation sites (N-methyl/N-ethyl adjacent to an activating group) is 1. The number of hydrogen-bond donors (Lipinski definition) is 1. The molecule has 1 fully saturated rings. The summed E-state index contributed by atoms with van der Waals surface area (Å²) in [4.78, 5) is 30.1. The van der Waals surface area contributed by atoms with E-state index in [1.54, 1.807) is 18.1 Å². The maximum absolute atomic E-state index is 13.2. The first-order valence-electron chi connectivity index (χ1n) is 10.8. The fourth-order valence-electron chi connectivity index (χ4n) is 4.22. The third-order valence-electron chi connectivity index (χ3n) is 5.88. The lowest BCUT2D eigenvalue weighted by atomic mass is 9.83. The van der Waals surface area contributed by atoms with Gasteiger partial charge in [-0.05, 0) is 50.3 Å². The largest absolute Gasteiger partial charge is 0.497 e. The van der Waals surface area contributed by atoms with E-state index in [0.717, 1.165) is 17.9 Å². The number of anilines is 1. The molecule has 0 bridgehead atoms. The van der Waals surface area contributed by atoms with Crippen molar-refractivity contribution in [2.24, 2.45) is 5.92 Å². The van der Waals surface area contributed by atoms with Gasteiger partial charge in [-0.25, -0.2) is 0 Å². The summed E-state index contributed by atoms with van der Waals surface area (Å²) in [6, 6.07) is 12.6. The molecule has 32 heavy (non-hydrogen) atoms. The van der Waals surface area contributed by atoms with E-state index in [2.05, 4.69) is 5.32 Å². The number of carbonyl (C=O) groups is 2. The molecule has 8 nitrogen and oxygen atoms in total. The Bertz CT molecular complexity index is 976. The Morgan fingerprint density at radius 2 is 1.91 bits per heavy atom. The number of nitrogens with zero attached hydrogens (tertiary/aromatic N) is 2. The van der Waals surface area contributed by atoms with E-state index in [9.17, 15) is 9.59 Å². The monoisotopic (exact) mass is 439 g/mol. The molecule has 2 aromatic carbocycles. The lowest BCUT2D eigenvalue weighted by Gasteiger charge is -2.41. The predicted molar refractivity (Wildman–Crippen MR) is 120 cm³/mol. The first kappa shape index (κ1) is 22.0. The molecule has 2 aliphatic heterocycles. The molecule has 170 valence electrons. The van der Waals surface area contributed by atoms with Crippen LogP contribution >= 0.6 is 0 Å². The van der Waals surface area contributed by atoms with Gasteiger partial charge in [0.05, 0.1) is 19.1 Å². The van der Waals surface area contributed by atoms with Crippen LogP contribution in [0.3, 0.4) is 0 Å². The van der Waals surface area contributed by atoms with Crippen molar-refractivity contribution in [2.75, 3.05) is 46.0 Å². The van der Waals surface area contributed by atoms with Gasteiger partial charge >= 0.3 is 0 Å². The van der Waals surface area contributed by atoms with Gasteiger partial charge < -0.3 is 29.3 Å². The van der Waals surface area contributed by atoms with E-state index >= 15 is 0 Å². The summed E-state index contributed by atoms with van der Waals surface area (Å²) < 4.78 is 16.2. The number of amides is 2. The summed E-state index contributed by atoms with van der Waals surface area (Å²) >= 11 is 0. The van der Waals surface area contributed by atoms with Crippen LogP contribution in [-0.2, 0) is 9.59 Å². The van der Waals surface area contributed by atoms with E-state index in [1.807, 2.05) is 55.4 Å². The fourth-order valence-corrected chi connectivity index (χ4v) is 4.22. The summed E-state index contributed by atoms with van der Waals surface area (Å²) in [5.74, 6) is 1.51. The topological polar surface area (TPSA) is 80.3 Å². The number of nitrogens with one attached hydrogen (secondary N) is 1. The van der Waals surface area contributed by atoms with Crippen molar-refractivity contribution in [3.8, 4) is 17.2 Å². The van der Waals surface area contributed by atoms with Crippen LogP contribution in [0.2, 0.25) is 0 Å². The second-order valence-corrected chi connectivity index (χ2v) is 8.26. The molecule has 1 N–H and O–H groups in total. The van der Waals surface area contributed by atoms with E-state index in [1.165, 1.54) is 0 Å². The van der Waals surface area contributed by atoms with Crippen LogP contribution in [0.15, 0.2) is 42.5 Å². The molecule has 2 amide bonds. The molecule has 4 rings (SSSR count). The number of carbonyl (C=O) groups excluding carboxylic acids is 2. The Kier molecular flexibility index (Phi) is 6.50. The molecular formula is C24H29N3O5. The minimum atomic E-state index is -0.443. The maximum atomic E-state index is 13.2. The molecule has 2 unspecified atom stereocenters. The molecule has 0 radical (unpaired) electrons. The molecule has 1 saturated heterocycles. The number of fused-ring (bicyclic) bond motifs is 1. The molecule has 8 heteroatoms. The minimum Gasteiger partial charge on any atom is -0.497 e. The number of rotatable bonds is 7. The number of hydrogen-bond acceptors (Lipinski definition) is 6. The summed E-state index contributed by atoms with van der Waals surface area (Å²) in [5.41, 5.74) is 1.56. The second-order valence-electron chi connectivity index (χ2n) is 8.26. The molecule has 2 heterocycles. The number of ether oxygens (including phenoxy) is 3. The van der Waals surface area contributed by atoms with Gasteiger partial charge in [0, 0.05) is 31.3 Å². The fraction of sp³-hybridized carbons (Fsp3) is 0.417. The van der Waals surface area contributed by atoms with Crippen LogP contribution in [-0.4, -0.2) is 57.8 Å². The van der Waals surface area contributed by atoms with Crippen molar-refractivity contribution in [2.45, 2.75) is 18.9 Å². The zero-order valence-electron chi connectivity index (χ0n) is 18.7. The van der Waals surface area contributed by atoms with Gasteiger partial charge in [0.15, 0.2) is 11.5 Å². The highest BCUT2D eigenvalue weighted by molar-refractivity contribution is 5.97. The lowest BCUT2D eigenvalue weighted by molar-refractivity contribution is -0.129.